The summed E-state index contributed by atoms with van der Waals surface area (Å²) in [5.74, 6) is -0.539. The molecule has 0 spiro atoms. The van der Waals surface area contributed by atoms with Crippen LogP contribution in [0, 0.1) is 11.3 Å². The third-order valence-electron chi connectivity index (χ3n) is 3.82. The largest absolute Gasteiger partial charge is 0.329 e. The van der Waals surface area contributed by atoms with Crippen molar-refractivity contribution in [3.05, 3.63) is 35.9 Å². The fourth-order valence-corrected chi connectivity index (χ4v) is 2.73. The van der Waals surface area contributed by atoms with Gasteiger partial charge in [0.2, 0.25) is 5.78 Å². The normalized spacial score (nSPS) is 18.3. The molecular formula is C16H21N2O+. The molecule has 0 aromatic heterocycles. The molecule has 1 atom stereocenters. The summed E-state index contributed by atoms with van der Waals surface area (Å²) in [6, 6.07) is 11.6. The molecule has 3 nitrogen and oxygen atoms in total. The van der Waals surface area contributed by atoms with Crippen LogP contribution in [0.3, 0.4) is 0 Å². The molecule has 0 aliphatic carbocycles. The second-order valence-corrected chi connectivity index (χ2v) is 5.28. The molecule has 19 heavy (non-hydrogen) atoms. The van der Waals surface area contributed by atoms with Crippen LogP contribution in [0.25, 0.3) is 0 Å². The molecule has 0 radical (unpaired) electrons. The monoisotopic (exact) mass is 257 g/mol. The number of nitrogens with zero attached hydrogens (tertiary/aromatic N) is 1. The van der Waals surface area contributed by atoms with Gasteiger partial charge in [0, 0.05) is 0 Å². The molecule has 1 N–H and O–H groups in total. The second kappa shape index (κ2) is 7.06. The zero-order valence-corrected chi connectivity index (χ0v) is 11.3. The number of carbonyl (C=O) groups is 1. The van der Waals surface area contributed by atoms with Crippen LogP contribution < -0.4 is 4.90 Å². The number of nitriles is 1. The Morgan fingerprint density at radius 1 is 1.16 bits per heavy atom. The summed E-state index contributed by atoms with van der Waals surface area (Å²) in [5.41, 5.74) is 0.823. The minimum Gasteiger partial charge on any atom is -0.329 e. The molecule has 1 saturated heterocycles. The summed E-state index contributed by atoms with van der Waals surface area (Å²) in [5, 5.41) is 9.25. The number of Topliss-reactive ketones (excluding diaryl/α,β-unsaturated/α-hetero) is 1. The molecule has 1 aromatic rings. The molecule has 1 fully saturated rings. The molecule has 1 aromatic carbocycles. The average molecular weight is 257 g/mol. The molecular weight excluding hydrogens is 236 g/mol. The zero-order valence-electron chi connectivity index (χ0n) is 11.3. The van der Waals surface area contributed by atoms with Crippen LogP contribution in [0.5, 0.6) is 0 Å². The first-order valence-corrected chi connectivity index (χ1v) is 7.12. The van der Waals surface area contributed by atoms with E-state index in [-0.39, 0.29) is 5.78 Å². The summed E-state index contributed by atoms with van der Waals surface area (Å²) in [6.07, 6.45) is 4.95. The van der Waals surface area contributed by atoms with E-state index < -0.39 is 5.92 Å². The summed E-state index contributed by atoms with van der Waals surface area (Å²) >= 11 is 0. The zero-order chi connectivity index (χ0) is 13.5. The lowest BCUT2D eigenvalue weighted by molar-refractivity contribution is -0.891. The minimum atomic E-state index is -0.600. The van der Waals surface area contributed by atoms with Crippen LogP contribution in [-0.2, 0) is 4.79 Å². The van der Waals surface area contributed by atoms with E-state index in [4.69, 9.17) is 0 Å². The van der Waals surface area contributed by atoms with Gasteiger partial charge >= 0.3 is 0 Å². The van der Waals surface area contributed by atoms with E-state index in [9.17, 15) is 10.1 Å². The van der Waals surface area contributed by atoms with Gasteiger partial charge in [0.1, 0.15) is 12.5 Å². The number of quaternary nitrogens is 1. The van der Waals surface area contributed by atoms with Gasteiger partial charge < -0.3 is 4.90 Å². The van der Waals surface area contributed by atoms with Gasteiger partial charge in [-0.1, -0.05) is 30.3 Å². The van der Waals surface area contributed by atoms with Gasteiger partial charge in [0.05, 0.1) is 19.2 Å². The van der Waals surface area contributed by atoms with Crippen molar-refractivity contribution in [2.45, 2.75) is 31.6 Å². The highest BCUT2D eigenvalue weighted by Gasteiger charge is 2.24. The van der Waals surface area contributed by atoms with E-state index in [1.807, 2.05) is 30.3 Å². The van der Waals surface area contributed by atoms with Crippen LogP contribution in [-0.4, -0.2) is 25.4 Å². The molecule has 0 unspecified atom stereocenters. The van der Waals surface area contributed by atoms with Gasteiger partial charge in [-0.25, -0.2) is 0 Å². The van der Waals surface area contributed by atoms with E-state index >= 15 is 0 Å². The molecule has 100 valence electrons. The average Bonchev–Trinajstić information content (AvgIpc) is 2.69. The maximum absolute atomic E-state index is 12.3. The summed E-state index contributed by atoms with van der Waals surface area (Å²) in [4.78, 5) is 13.7. The molecule has 0 amide bonds. The number of likely N-dealkylation sites (tertiary alicyclic amines) is 1. The fourth-order valence-electron chi connectivity index (χ4n) is 2.73. The van der Waals surface area contributed by atoms with E-state index in [1.54, 1.807) is 0 Å². The molecule has 1 heterocycles. The van der Waals surface area contributed by atoms with Gasteiger partial charge in [-0.05, 0) is 31.2 Å². The quantitative estimate of drug-likeness (QED) is 0.884. The van der Waals surface area contributed by atoms with Gasteiger partial charge in [-0.3, -0.25) is 4.79 Å². The third-order valence-corrected chi connectivity index (χ3v) is 3.82. The number of hydrogen-bond acceptors (Lipinski definition) is 2. The van der Waals surface area contributed by atoms with Crippen molar-refractivity contribution >= 4 is 5.78 Å². The van der Waals surface area contributed by atoms with Crippen molar-refractivity contribution in [2.24, 2.45) is 0 Å². The number of carbonyl (C=O) groups excluding carboxylic acids is 1. The fraction of sp³-hybridized carbons (Fsp3) is 0.500. The summed E-state index contributed by atoms with van der Waals surface area (Å²) in [7, 11) is 0. The van der Waals surface area contributed by atoms with Crippen molar-refractivity contribution in [3.8, 4) is 6.07 Å². The summed E-state index contributed by atoms with van der Waals surface area (Å²) in [6.45, 7) is 2.63. The molecule has 1 aliphatic heterocycles. The van der Waals surface area contributed by atoms with Gasteiger partial charge in [0.25, 0.3) is 0 Å². The number of ketones is 1. The van der Waals surface area contributed by atoms with Gasteiger partial charge in [-0.15, -0.1) is 0 Å². The van der Waals surface area contributed by atoms with Gasteiger partial charge in [-0.2, -0.15) is 5.26 Å². The molecule has 3 heteroatoms. The first-order valence-electron chi connectivity index (χ1n) is 7.12. The molecule has 0 bridgehead atoms. The Morgan fingerprint density at radius 2 is 1.79 bits per heavy atom. The molecule has 2 rings (SSSR count). The van der Waals surface area contributed by atoms with E-state index in [0.29, 0.717) is 6.54 Å². The Kier molecular flexibility index (Phi) is 5.11. The lowest BCUT2D eigenvalue weighted by Crippen LogP contribution is -3.12. The smallest absolute Gasteiger partial charge is 0.208 e. The van der Waals surface area contributed by atoms with Crippen molar-refractivity contribution in [3.63, 3.8) is 0 Å². The Morgan fingerprint density at radius 3 is 2.37 bits per heavy atom. The Bertz CT molecular complexity index is 442. The maximum atomic E-state index is 12.3. The molecule has 1 aliphatic rings. The second-order valence-electron chi connectivity index (χ2n) is 5.28. The highest BCUT2D eigenvalue weighted by molar-refractivity contribution is 5.89. The van der Waals surface area contributed by atoms with Crippen LogP contribution in [0.15, 0.2) is 30.3 Å². The molecule has 0 saturated carbocycles. The Labute approximate surface area is 114 Å². The predicted octanol–water partition coefficient (Wildman–Crippen LogP) is 1.32. The number of rotatable bonds is 4. The van der Waals surface area contributed by atoms with E-state index in [2.05, 4.69) is 6.07 Å². The van der Waals surface area contributed by atoms with Crippen molar-refractivity contribution in [2.75, 3.05) is 19.6 Å². The van der Waals surface area contributed by atoms with Crippen molar-refractivity contribution in [1.29, 1.82) is 5.26 Å². The Balaban J connectivity index is 1.99. The van der Waals surface area contributed by atoms with Crippen LogP contribution in [0.2, 0.25) is 0 Å². The van der Waals surface area contributed by atoms with Crippen molar-refractivity contribution < 1.29 is 9.69 Å². The van der Waals surface area contributed by atoms with Crippen LogP contribution in [0.4, 0.5) is 0 Å². The SMILES string of the molecule is N#C[C@H](C(=O)C[NH+]1CCCCCC1)c1ccccc1. The topological polar surface area (TPSA) is 45.3 Å². The summed E-state index contributed by atoms with van der Waals surface area (Å²) < 4.78 is 0. The minimum absolute atomic E-state index is 0.0607. The van der Waals surface area contributed by atoms with E-state index in [1.165, 1.54) is 30.6 Å². The van der Waals surface area contributed by atoms with Gasteiger partial charge in [0.15, 0.2) is 0 Å². The lowest BCUT2D eigenvalue weighted by atomic mass is 9.96. The first kappa shape index (κ1) is 13.8. The Hall–Kier alpha value is -1.66. The number of benzene rings is 1. The highest BCUT2D eigenvalue weighted by Crippen LogP contribution is 2.14. The number of hydrogen-bond donors (Lipinski definition) is 1. The predicted molar refractivity (Wildman–Crippen MR) is 73.8 cm³/mol. The number of nitrogens with one attached hydrogen (secondary N) is 1. The van der Waals surface area contributed by atoms with Crippen molar-refractivity contribution in [1.82, 2.24) is 0 Å². The van der Waals surface area contributed by atoms with Crippen LogP contribution >= 0.6 is 0 Å². The van der Waals surface area contributed by atoms with Crippen LogP contribution in [0.1, 0.15) is 37.2 Å². The maximum Gasteiger partial charge on any atom is 0.208 e. The third kappa shape index (κ3) is 3.90. The highest BCUT2D eigenvalue weighted by atomic mass is 16.1. The lowest BCUT2D eigenvalue weighted by Gasteiger charge is -2.17. The first-order chi connectivity index (χ1) is 9.31. The van der Waals surface area contributed by atoms with E-state index in [0.717, 1.165) is 18.7 Å². The standard InChI is InChI=1S/C16H20N2O/c17-12-15(14-8-4-3-5-9-14)16(19)13-18-10-6-1-2-7-11-18/h3-5,8-9,15H,1-2,6-7,10-11,13H2/p+1/t15-/m0/s1.